The summed E-state index contributed by atoms with van der Waals surface area (Å²) in [4.78, 5) is 34.9. The first-order chi connectivity index (χ1) is 15.3. The van der Waals surface area contributed by atoms with Gasteiger partial charge in [0.15, 0.2) is 11.2 Å². The van der Waals surface area contributed by atoms with Gasteiger partial charge in [-0.3, -0.25) is 9.59 Å². The molecular weight excluding hydrogens is 404 g/mol. The van der Waals surface area contributed by atoms with Crippen molar-refractivity contribution in [1.82, 2.24) is 29.9 Å². The van der Waals surface area contributed by atoms with Gasteiger partial charge in [0.1, 0.15) is 5.82 Å². The number of benzene rings is 1. The van der Waals surface area contributed by atoms with E-state index in [9.17, 15) is 9.59 Å². The number of hydrogen-bond donors (Lipinski definition) is 1. The first-order valence-corrected chi connectivity index (χ1v) is 11.5. The summed E-state index contributed by atoms with van der Waals surface area (Å²) in [5.74, 6) is 1.11. The number of piperidine rings is 1. The van der Waals surface area contributed by atoms with E-state index < -0.39 is 0 Å². The number of likely N-dealkylation sites (tertiary alicyclic amines) is 1. The van der Waals surface area contributed by atoms with Crippen molar-refractivity contribution in [2.75, 3.05) is 13.1 Å². The highest BCUT2D eigenvalue weighted by molar-refractivity contribution is 5.81. The van der Waals surface area contributed by atoms with Gasteiger partial charge in [0.25, 0.3) is 5.56 Å². The van der Waals surface area contributed by atoms with E-state index in [1.165, 1.54) is 5.56 Å². The summed E-state index contributed by atoms with van der Waals surface area (Å²) in [7, 11) is 0. The molecule has 5 rings (SSSR count). The van der Waals surface area contributed by atoms with Gasteiger partial charge in [-0.1, -0.05) is 50.3 Å². The van der Waals surface area contributed by atoms with Crippen molar-refractivity contribution in [1.29, 1.82) is 0 Å². The standard InChI is InChI=1S/C24H30N6O2/c1-24(2,3)18-10-6-15(7-11-18)13-30-21-19(27-28-30)22(31)26-20(25-21)17-5-4-12-29(14-17)23(32)16-8-9-16/h6-7,10-11,16-17H,4-5,8-9,12-14H2,1-3H3,(H,25,26,31). The lowest BCUT2D eigenvalue weighted by molar-refractivity contribution is -0.133. The summed E-state index contributed by atoms with van der Waals surface area (Å²) in [5, 5.41) is 8.28. The number of nitrogens with one attached hydrogen (secondary N) is 1. The second kappa shape index (κ2) is 7.83. The van der Waals surface area contributed by atoms with E-state index in [-0.39, 0.29) is 34.2 Å². The van der Waals surface area contributed by atoms with E-state index in [0.29, 0.717) is 24.6 Å². The molecule has 1 saturated carbocycles. The maximum atomic E-state index is 12.7. The van der Waals surface area contributed by atoms with Crippen LogP contribution in [0.15, 0.2) is 29.1 Å². The number of H-pyrrole nitrogens is 1. The molecule has 2 aliphatic rings. The van der Waals surface area contributed by atoms with Gasteiger partial charge >= 0.3 is 0 Å². The molecule has 1 saturated heterocycles. The Morgan fingerprint density at radius 1 is 1.16 bits per heavy atom. The molecule has 2 aromatic heterocycles. The predicted molar refractivity (Wildman–Crippen MR) is 121 cm³/mol. The summed E-state index contributed by atoms with van der Waals surface area (Å²) in [6, 6.07) is 8.44. The summed E-state index contributed by atoms with van der Waals surface area (Å²) in [6.07, 6.45) is 3.83. The summed E-state index contributed by atoms with van der Waals surface area (Å²) in [5.41, 5.74) is 2.91. The highest BCUT2D eigenvalue weighted by Crippen LogP contribution is 2.34. The zero-order valence-electron chi connectivity index (χ0n) is 19.0. The van der Waals surface area contributed by atoms with Crippen molar-refractivity contribution < 1.29 is 4.79 Å². The molecule has 32 heavy (non-hydrogen) atoms. The maximum Gasteiger partial charge on any atom is 0.281 e. The van der Waals surface area contributed by atoms with Gasteiger partial charge in [-0.15, -0.1) is 5.10 Å². The zero-order valence-corrected chi connectivity index (χ0v) is 19.0. The van der Waals surface area contributed by atoms with Crippen LogP contribution in [0.4, 0.5) is 0 Å². The molecule has 1 aliphatic heterocycles. The monoisotopic (exact) mass is 434 g/mol. The van der Waals surface area contributed by atoms with Crippen LogP contribution in [0.25, 0.3) is 11.2 Å². The fraction of sp³-hybridized carbons (Fsp3) is 0.542. The smallest absolute Gasteiger partial charge is 0.281 e. The van der Waals surface area contributed by atoms with E-state index in [1.54, 1.807) is 4.68 Å². The molecule has 1 N–H and O–H groups in total. The average molecular weight is 435 g/mol. The second-order valence-corrected chi connectivity index (χ2v) is 10.2. The highest BCUT2D eigenvalue weighted by Gasteiger charge is 2.36. The van der Waals surface area contributed by atoms with Gasteiger partial charge in [-0.25, -0.2) is 9.67 Å². The number of amides is 1. The molecule has 8 heteroatoms. The number of fused-ring (bicyclic) bond motifs is 1. The van der Waals surface area contributed by atoms with Gasteiger partial charge < -0.3 is 9.88 Å². The van der Waals surface area contributed by atoms with Gasteiger partial charge in [0.2, 0.25) is 5.91 Å². The minimum absolute atomic E-state index is 0.0259. The van der Waals surface area contributed by atoms with Crippen LogP contribution >= 0.6 is 0 Å². The molecule has 168 valence electrons. The Hall–Kier alpha value is -3.03. The number of carbonyl (C=O) groups is 1. The largest absolute Gasteiger partial charge is 0.342 e. The fourth-order valence-electron chi connectivity index (χ4n) is 4.46. The fourth-order valence-corrected chi connectivity index (χ4v) is 4.46. The number of rotatable bonds is 4. The number of aromatic amines is 1. The maximum absolute atomic E-state index is 12.7. The van der Waals surface area contributed by atoms with Crippen LogP contribution in [0.3, 0.4) is 0 Å². The lowest BCUT2D eigenvalue weighted by Crippen LogP contribution is -2.40. The molecule has 3 heterocycles. The Labute approximate surface area is 187 Å². The summed E-state index contributed by atoms with van der Waals surface area (Å²) < 4.78 is 1.69. The van der Waals surface area contributed by atoms with Crippen molar-refractivity contribution in [3.05, 3.63) is 51.6 Å². The van der Waals surface area contributed by atoms with Crippen molar-refractivity contribution >= 4 is 17.1 Å². The third kappa shape index (κ3) is 4.06. The molecule has 2 fully saturated rings. The Kier molecular flexibility index (Phi) is 5.10. The molecule has 1 amide bonds. The predicted octanol–water partition coefficient (Wildman–Crippen LogP) is 2.98. The third-order valence-corrected chi connectivity index (χ3v) is 6.59. The molecular formula is C24H30N6O2. The molecule has 0 spiro atoms. The van der Waals surface area contributed by atoms with Gasteiger partial charge in [0, 0.05) is 24.9 Å². The van der Waals surface area contributed by atoms with E-state index >= 15 is 0 Å². The zero-order chi connectivity index (χ0) is 22.5. The first kappa shape index (κ1) is 20.8. The minimum Gasteiger partial charge on any atom is -0.342 e. The highest BCUT2D eigenvalue weighted by atomic mass is 16.2. The first-order valence-electron chi connectivity index (χ1n) is 11.5. The number of hydrogen-bond acceptors (Lipinski definition) is 5. The van der Waals surface area contributed by atoms with Crippen LogP contribution in [0.5, 0.6) is 0 Å². The summed E-state index contributed by atoms with van der Waals surface area (Å²) >= 11 is 0. The van der Waals surface area contributed by atoms with E-state index in [2.05, 4.69) is 60.3 Å². The average Bonchev–Trinajstić information content (AvgIpc) is 3.55. The van der Waals surface area contributed by atoms with Crippen molar-refractivity contribution in [2.24, 2.45) is 5.92 Å². The van der Waals surface area contributed by atoms with Gasteiger partial charge in [-0.2, -0.15) is 0 Å². The number of carbonyl (C=O) groups excluding carboxylic acids is 1. The number of nitrogens with zero attached hydrogens (tertiary/aromatic N) is 5. The molecule has 8 nitrogen and oxygen atoms in total. The molecule has 1 unspecified atom stereocenters. The van der Waals surface area contributed by atoms with E-state index in [1.807, 2.05) is 4.90 Å². The normalized spacial score (nSPS) is 19.5. The van der Waals surface area contributed by atoms with Crippen LogP contribution in [-0.4, -0.2) is 48.9 Å². The van der Waals surface area contributed by atoms with Gasteiger partial charge in [-0.05, 0) is 42.2 Å². The van der Waals surface area contributed by atoms with Crippen LogP contribution in [-0.2, 0) is 16.8 Å². The molecule has 1 aromatic carbocycles. The van der Waals surface area contributed by atoms with Gasteiger partial charge in [0.05, 0.1) is 6.54 Å². The second-order valence-electron chi connectivity index (χ2n) is 10.2. The summed E-state index contributed by atoms with van der Waals surface area (Å²) in [6.45, 7) is 8.47. The molecule has 3 aromatic rings. The van der Waals surface area contributed by atoms with Crippen LogP contribution in [0.2, 0.25) is 0 Å². The van der Waals surface area contributed by atoms with Crippen molar-refractivity contribution in [2.45, 2.75) is 64.3 Å². The molecule has 1 atom stereocenters. The van der Waals surface area contributed by atoms with Crippen molar-refractivity contribution in [3.63, 3.8) is 0 Å². The lowest BCUT2D eigenvalue weighted by atomic mass is 9.87. The number of aromatic nitrogens is 5. The molecule has 1 aliphatic carbocycles. The Bertz CT molecular complexity index is 1200. The quantitative estimate of drug-likeness (QED) is 0.681. The molecule has 0 radical (unpaired) electrons. The molecule has 0 bridgehead atoms. The SMILES string of the molecule is CC(C)(C)c1ccc(Cn2nnc3c(=O)[nH]c(C4CCCN(C(=O)C5CC5)C4)nc32)cc1. The third-order valence-electron chi connectivity index (χ3n) is 6.59. The van der Waals surface area contributed by atoms with E-state index in [0.717, 1.165) is 37.8 Å². The van der Waals surface area contributed by atoms with Crippen LogP contribution in [0.1, 0.15) is 69.3 Å². The lowest BCUT2D eigenvalue weighted by Gasteiger charge is -2.32. The van der Waals surface area contributed by atoms with Crippen molar-refractivity contribution in [3.8, 4) is 0 Å². The van der Waals surface area contributed by atoms with E-state index in [4.69, 9.17) is 4.98 Å². The Morgan fingerprint density at radius 3 is 2.59 bits per heavy atom. The minimum atomic E-state index is -0.273. The Balaban J connectivity index is 1.41. The Morgan fingerprint density at radius 2 is 1.91 bits per heavy atom. The topological polar surface area (TPSA) is 96.8 Å². The van der Waals surface area contributed by atoms with Crippen LogP contribution < -0.4 is 5.56 Å². The van der Waals surface area contributed by atoms with Crippen LogP contribution in [0, 0.1) is 5.92 Å².